The Balaban J connectivity index is 2.38. The number of hydrogen-bond acceptors (Lipinski definition) is 6. The summed E-state index contributed by atoms with van der Waals surface area (Å²) in [5.74, 6) is -0.120. The fourth-order valence-electron chi connectivity index (χ4n) is 1.09. The van der Waals surface area contributed by atoms with Crippen LogP contribution in [0, 0.1) is 0 Å². The summed E-state index contributed by atoms with van der Waals surface area (Å²) in [4.78, 5) is 11.5. The van der Waals surface area contributed by atoms with Crippen molar-refractivity contribution in [1.29, 1.82) is 0 Å². The van der Waals surface area contributed by atoms with E-state index >= 15 is 0 Å². The van der Waals surface area contributed by atoms with Gasteiger partial charge in [-0.05, 0) is 18.6 Å². The van der Waals surface area contributed by atoms with Gasteiger partial charge >= 0.3 is 0 Å². The third-order valence-electron chi connectivity index (χ3n) is 1.90. The van der Waals surface area contributed by atoms with E-state index in [2.05, 4.69) is 15.5 Å². The van der Waals surface area contributed by atoms with Crippen LogP contribution in [0.5, 0.6) is 0 Å². The molecule has 0 atom stereocenters. The highest BCUT2D eigenvalue weighted by atomic mass is 32.2. The molecule has 1 aromatic heterocycles. The molecule has 0 unspecified atom stereocenters. The first-order valence-corrected chi connectivity index (χ1v) is 7.00. The van der Waals surface area contributed by atoms with Crippen LogP contribution in [0.3, 0.4) is 0 Å². The SMILES string of the molecule is CS(=O)(=O)CCCNC(=O)c1ccc(N)nn1. The minimum atomic E-state index is -2.99. The lowest BCUT2D eigenvalue weighted by molar-refractivity contribution is 0.0947. The summed E-state index contributed by atoms with van der Waals surface area (Å²) in [6.45, 7) is 0.276. The molecule has 94 valence electrons. The highest BCUT2D eigenvalue weighted by Crippen LogP contribution is 1.97. The predicted molar refractivity (Wildman–Crippen MR) is 63.1 cm³/mol. The van der Waals surface area contributed by atoms with Crippen molar-refractivity contribution >= 4 is 21.6 Å². The van der Waals surface area contributed by atoms with E-state index < -0.39 is 15.7 Å². The van der Waals surface area contributed by atoms with Gasteiger partial charge in [0.2, 0.25) is 0 Å². The molecule has 0 aliphatic carbocycles. The van der Waals surface area contributed by atoms with Gasteiger partial charge in [-0.25, -0.2) is 8.42 Å². The van der Waals surface area contributed by atoms with Crippen LogP contribution in [0.15, 0.2) is 12.1 Å². The number of sulfone groups is 1. The first-order valence-electron chi connectivity index (χ1n) is 4.93. The van der Waals surface area contributed by atoms with Gasteiger partial charge in [0.15, 0.2) is 5.69 Å². The zero-order valence-electron chi connectivity index (χ0n) is 9.38. The first kappa shape index (κ1) is 13.4. The molecule has 8 heteroatoms. The number of amides is 1. The van der Waals surface area contributed by atoms with Crippen LogP contribution < -0.4 is 11.1 Å². The molecule has 0 saturated carbocycles. The van der Waals surface area contributed by atoms with Crippen molar-refractivity contribution in [3.05, 3.63) is 17.8 Å². The van der Waals surface area contributed by atoms with Gasteiger partial charge in [-0.2, -0.15) is 0 Å². The third-order valence-corrected chi connectivity index (χ3v) is 2.93. The molecule has 1 rings (SSSR count). The molecule has 0 aromatic carbocycles. The summed E-state index contributed by atoms with van der Waals surface area (Å²) in [6, 6.07) is 2.92. The van der Waals surface area contributed by atoms with E-state index in [1.54, 1.807) is 0 Å². The average molecular weight is 258 g/mol. The van der Waals surface area contributed by atoms with Crippen molar-refractivity contribution in [2.75, 3.05) is 24.3 Å². The molecule has 0 spiro atoms. The summed E-state index contributed by atoms with van der Waals surface area (Å²) in [5.41, 5.74) is 5.48. The Kier molecular flexibility index (Phi) is 4.38. The van der Waals surface area contributed by atoms with Crippen molar-refractivity contribution < 1.29 is 13.2 Å². The lowest BCUT2D eigenvalue weighted by Gasteiger charge is -2.03. The number of nitrogens with one attached hydrogen (secondary N) is 1. The molecule has 0 saturated heterocycles. The van der Waals surface area contributed by atoms with Crippen molar-refractivity contribution in [2.24, 2.45) is 0 Å². The van der Waals surface area contributed by atoms with Gasteiger partial charge in [0.25, 0.3) is 5.91 Å². The molecule has 0 fully saturated rings. The van der Waals surface area contributed by atoms with E-state index in [0.717, 1.165) is 6.26 Å². The van der Waals surface area contributed by atoms with Crippen LogP contribution >= 0.6 is 0 Å². The maximum atomic E-state index is 11.5. The maximum absolute atomic E-state index is 11.5. The van der Waals surface area contributed by atoms with Crippen molar-refractivity contribution in [3.63, 3.8) is 0 Å². The summed E-state index contributed by atoms with van der Waals surface area (Å²) in [5, 5.41) is 9.68. The summed E-state index contributed by atoms with van der Waals surface area (Å²) < 4.78 is 21.7. The number of nitrogen functional groups attached to an aromatic ring is 1. The normalized spacial score (nSPS) is 11.1. The molecule has 3 N–H and O–H groups in total. The van der Waals surface area contributed by atoms with E-state index in [-0.39, 0.29) is 23.8 Å². The Bertz CT molecular complexity index is 483. The largest absolute Gasteiger partial charge is 0.382 e. The number of anilines is 1. The highest BCUT2D eigenvalue weighted by Gasteiger charge is 2.07. The van der Waals surface area contributed by atoms with Gasteiger partial charge in [-0.1, -0.05) is 0 Å². The quantitative estimate of drug-likeness (QED) is 0.670. The molecule has 0 bridgehead atoms. The van der Waals surface area contributed by atoms with Gasteiger partial charge in [0, 0.05) is 12.8 Å². The van der Waals surface area contributed by atoms with Crippen molar-refractivity contribution in [2.45, 2.75) is 6.42 Å². The van der Waals surface area contributed by atoms with E-state index in [1.807, 2.05) is 0 Å². The molecule has 0 aliphatic heterocycles. The second-order valence-corrected chi connectivity index (χ2v) is 5.84. The van der Waals surface area contributed by atoms with Crippen LogP contribution in [0.2, 0.25) is 0 Å². The second kappa shape index (κ2) is 5.58. The number of rotatable bonds is 5. The summed E-state index contributed by atoms with van der Waals surface area (Å²) in [7, 11) is -2.99. The molecule has 1 heterocycles. The molecule has 0 aliphatic rings. The average Bonchev–Trinajstić information content (AvgIpc) is 2.24. The zero-order chi connectivity index (χ0) is 12.9. The predicted octanol–water partition coefficient (Wildman–Crippen LogP) is -0.777. The molecule has 1 amide bonds. The van der Waals surface area contributed by atoms with E-state index in [4.69, 9.17) is 5.73 Å². The minimum absolute atomic E-state index is 0.0424. The standard InChI is InChI=1S/C9H14N4O3S/c1-17(15,16)6-2-5-11-9(14)7-3-4-8(10)13-12-7/h3-4H,2,5-6H2,1H3,(H2,10,13)(H,11,14). The Labute approximate surface area is 99.3 Å². The number of aromatic nitrogens is 2. The fraction of sp³-hybridized carbons (Fsp3) is 0.444. The van der Waals surface area contributed by atoms with E-state index in [1.165, 1.54) is 12.1 Å². The minimum Gasteiger partial charge on any atom is -0.382 e. The highest BCUT2D eigenvalue weighted by molar-refractivity contribution is 7.90. The zero-order valence-corrected chi connectivity index (χ0v) is 10.2. The maximum Gasteiger partial charge on any atom is 0.271 e. The third kappa shape index (κ3) is 5.25. The van der Waals surface area contributed by atoms with Gasteiger partial charge in [-0.3, -0.25) is 4.79 Å². The number of nitrogens with zero attached hydrogens (tertiary/aromatic N) is 2. The lowest BCUT2D eigenvalue weighted by atomic mass is 10.3. The Morgan fingerprint density at radius 2 is 2.12 bits per heavy atom. The number of carbonyl (C=O) groups excluding carboxylic acids is 1. The summed E-state index contributed by atoms with van der Waals surface area (Å²) >= 11 is 0. The van der Waals surface area contributed by atoms with Crippen LogP contribution in [-0.4, -0.2) is 43.1 Å². The van der Waals surface area contributed by atoms with Gasteiger partial charge < -0.3 is 11.1 Å². The van der Waals surface area contributed by atoms with Crippen molar-refractivity contribution in [1.82, 2.24) is 15.5 Å². The van der Waals surface area contributed by atoms with Crippen LogP contribution in [0.4, 0.5) is 5.82 Å². The van der Waals surface area contributed by atoms with Crippen molar-refractivity contribution in [3.8, 4) is 0 Å². The topological polar surface area (TPSA) is 115 Å². The fourth-order valence-corrected chi connectivity index (χ4v) is 1.76. The van der Waals surface area contributed by atoms with Crippen LogP contribution in [-0.2, 0) is 9.84 Å². The van der Waals surface area contributed by atoms with E-state index in [0.29, 0.717) is 6.42 Å². The lowest BCUT2D eigenvalue weighted by Crippen LogP contribution is -2.26. The van der Waals surface area contributed by atoms with E-state index in [9.17, 15) is 13.2 Å². The molecule has 7 nitrogen and oxygen atoms in total. The smallest absolute Gasteiger partial charge is 0.271 e. The summed E-state index contributed by atoms with van der Waals surface area (Å²) in [6.07, 6.45) is 1.52. The van der Waals surface area contributed by atoms with Crippen LogP contribution in [0.25, 0.3) is 0 Å². The Morgan fingerprint density at radius 1 is 1.41 bits per heavy atom. The monoisotopic (exact) mass is 258 g/mol. The molecular weight excluding hydrogens is 244 g/mol. The molecule has 0 radical (unpaired) electrons. The first-order chi connectivity index (χ1) is 7.88. The molecule has 17 heavy (non-hydrogen) atoms. The number of carbonyl (C=O) groups is 1. The Hall–Kier alpha value is -1.70. The van der Waals surface area contributed by atoms with Crippen LogP contribution in [0.1, 0.15) is 16.9 Å². The Morgan fingerprint density at radius 3 is 2.65 bits per heavy atom. The van der Waals surface area contributed by atoms with Gasteiger partial charge in [0.1, 0.15) is 15.7 Å². The molecular formula is C9H14N4O3S. The number of nitrogens with two attached hydrogens (primary N) is 1. The second-order valence-electron chi connectivity index (χ2n) is 3.58. The van der Waals surface area contributed by atoms with Gasteiger partial charge in [0.05, 0.1) is 5.75 Å². The van der Waals surface area contributed by atoms with Gasteiger partial charge in [-0.15, -0.1) is 10.2 Å². The number of hydrogen-bond donors (Lipinski definition) is 2. The molecule has 1 aromatic rings.